The predicted octanol–water partition coefficient (Wildman–Crippen LogP) is 4.05. The standard InChI is InChI=1S/C20H25NO3/c1-3-12-21(13-14-23-17(2)22)19-10-7-11-20(15-19)24-16-18-8-5-4-6-9-18/h4-11,15H,3,12-14,16H2,1-2H3. The van der Waals surface area contributed by atoms with Gasteiger partial charge in [-0.2, -0.15) is 0 Å². The van der Waals surface area contributed by atoms with Gasteiger partial charge in [-0.1, -0.05) is 43.3 Å². The highest BCUT2D eigenvalue weighted by molar-refractivity contribution is 5.65. The lowest BCUT2D eigenvalue weighted by atomic mass is 10.2. The maximum absolute atomic E-state index is 10.9. The van der Waals surface area contributed by atoms with Crippen LogP contribution in [-0.2, 0) is 16.1 Å². The van der Waals surface area contributed by atoms with Gasteiger partial charge in [-0.25, -0.2) is 0 Å². The van der Waals surface area contributed by atoms with Gasteiger partial charge in [-0.15, -0.1) is 0 Å². The summed E-state index contributed by atoms with van der Waals surface area (Å²) in [6.45, 7) is 6.09. The summed E-state index contributed by atoms with van der Waals surface area (Å²) >= 11 is 0. The molecule has 0 spiro atoms. The number of benzene rings is 2. The first kappa shape index (κ1) is 17.9. The van der Waals surface area contributed by atoms with E-state index in [0.717, 1.165) is 30.0 Å². The molecule has 0 atom stereocenters. The third-order valence-corrected chi connectivity index (χ3v) is 3.59. The number of hydrogen-bond donors (Lipinski definition) is 0. The van der Waals surface area contributed by atoms with Crippen molar-refractivity contribution in [1.29, 1.82) is 0 Å². The molecule has 0 unspecified atom stereocenters. The first-order chi connectivity index (χ1) is 11.7. The first-order valence-electron chi connectivity index (χ1n) is 8.34. The zero-order valence-electron chi connectivity index (χ0n) is 14.4. The number of esters is 1. The molecule has 2 aromatic rings. The van der Waals surface area contributed by atoms with Crippen LogP contribution in [-0.4, -0.2) is 25.7 Å². The molecule has 4 heteroatoms. The topological polar surface area (TPSA) is 38.8 Å². The minimum Gasteiger partial charge on any atom is -0.489 e. The Morgan fingerprint density at radius 2 is 1.83 bits per heavy atom. The van der Waals surface area contributed by atoms with E-state index in [1.54, 1.807) is 0 Å². The van der Waals surface area contributed by atoms with Gasteiger partial charge in [0.1, 0.15) is 19.0 Å². The fourth-order valence-electron chi connectivity index (χ4n) is 2.45. The highest BCUT2D eigenvalue weighted by Gasteiger charge is 2.08. The summed E-state index contributed by atoms with van der Waals surface area (Å²) in [7, 11) is 0. The van der Waals surface area contributed by atoms with Gasteiger partial charge >= 0.3 is 5.97 Å². The molecule has 0 aliphatic heterocycles. The molecule has 0 aliphatic rings. The van der Waals surface area contributed by atoms with Crippen molar-refractivity contribution < 1.29 is 14.3 Å². The SMILES string of the molecule is CCCN(CCOC(C)=O)c1cccc(OCc2ccccc2)c1. The normalized spacial score (nSPS) is 10.2. The lowest BCUT2D eigenvalue weighted by Gasteiger charge is -2.24. The molecular weight excluding hydrogens is 302 g/mol. The fourth-order valence-corrected chi connectivity index (χ4v) is 2.45. The van der Waals surface area contributed by atoms with E-state index < -0.39 is 0 Å². The molecule has 0 aliphatic carbocycles. The summed E-state index contributed by atoms with van der Waals surface area (Å²) < 4.78 is 11.0. The summed E-state index contributed by atoms with van der Waals surface area (Å²) in [4.78, 5) is 13.1. The largest absolute Gasteiger partial charge is 0.489 e. The Hall–Kier alpha value is -2.49. The van der Waals surface area contributed by atoms with Gasteiger partial charge < -0.3 is 14.4 Å². The third kappa shape index (κ3) is 5.95. The Balaban J connectivity index is 1.98. The average molecular weight is 327 g/mol. The molecule has 2 rings (SSSR count). The van der Waals surface area contributed by atoms with Crippen LogP contribution in [0.3, 0.4) is 0 Å². The summed E-state index contributed by atoms with van der Waals surface area (Å²) in [5.74, 6) is 0.594. The van der Waals surface area contributed by atoms with Crippen LogP contribution >= 0.6 is 0 Å². The summed E-state index contributed by atoms with van der Waals surface area (Å²) in [5, 5.41) is 0. The molecule has 0 saturated heterocycles. The molecule has 0 aromatic heterocycles. The van der Waals surface area contributed by atoms with Crippen molar-refractivity contribution in [1.82, 2.24) is 0 Å². The van der Waals surface area contributed by atoms with Crippen LogP contribution in [0.1, 0.15) is 25.8 Å². The van der Waals surface area contributed by atoms with Crippen molar-refractivity contribution in [2.75, 3.05) is 24.6 Å². The van der Waals surface area contributed by atoms with Crippen molar-refractivity contribution in [3.05, 3.63) is 60.2 Å². The molecule has 0 radical (unpaired) electrons. The van der Waals surface area contributed by atoms with Crippen molar-refractivity contribution >= 4 is 11.7 Å². The molecule has 0 fully saturated rings. The van der Waals surface area contributed by atoms with Crippen molar-refractivity contribution in [2.24, 2.45) is 0 Å². The van der Waals surface area contributed by atoms with Gasteiger partial charge in [-0.05, 0) is 24.1 Å². The number of nitrogens with zero attached hydrogens (tertiary/aromatic N) is 1. The Morgan fingerprint density at radius 1 is 1.04 bits per heavy atom. The van der Waals surface area contributed by atoms with E-state index in [4.69, 9.17) is 9.47 Å². The molecule has 2 aromatic carbocycles. The maximum atomic E-state index is 10.9. The second-order valence-electron chi connectivity index (χ2n) is 5.60. The Kier molecular flexibility index (Phi) is 7.15. The van der Waals surface area contributed by atoms with Crippen LogP contribution in [0, 0.1) is 0 Å². The van der Waals surface area contributed by atoms with Crippen molar-refractivity contribution in [3.8, 4) is 5.75 Å². The van der Waals surface area contributed by atoms with Crippen LogP contribution in [0.15, 0.2) is 54.6 Å². The van der Waals surface area contributed by atoms with Gasteiger partial charge in [0, 0.05) is 25.2 Å². The quantitative estimate of drug-likeness (QED) is 0.652. The Bertz CT molecular complexity index is 628. The highest BCUT2D eigenvalue weighted by atomic mass is 16.5. The van der Waals surface area contributed by atoms with Gasteiger partial charge in [0.05, 0.1) is 6.54 Å². The monoisotopic (exact) mass is 327 g/mol. The smallest absolute Gasteiger partial charge is 0.302 e. The highest BCUT2D eigenvalue weighted by Crippen LogP contribution is 2.22. The lowest BCUT2D eigenvalue weighted by molar-refractivity contribution is -0.140. The molecule has 0 N–H and O–H groups in total. The zero-order chi connectivity index (χ0) is 17.2. The van der Waals surface area contributed by atoms with Gasteiger partial charge in [0.15, 0.2) is 0 Å². The second-order valence-corrected chi connectivity index (χ2v) is 5.60. The minimum atomic E-state index is -0.244. The van der Waals surface area contributed by atoms with E-state index >= 15 is 0 Å². The second kappa shape index (κ2) is 9.60. The minimum absolute atomic E-state index is 0.244. The molecule has 0 saturated carbocycles. The number of carbonyl (C=O) groups excluding carboxylic acids is 1. The van der Waals surface area contributed by atoms with Gasteiger partial charge in [-0.3, -0.25) is 4.79 Å². The Labute approximate surface area is 144 Å². The number of hydrogen-bond acceptors (Lipinski definition) is 4. The van der Waals surface area contributed by atoms with Gasteiger partial charge in [0.25, 0.3) is 0 Å². The number of carbonyl (C=O) groups is 1. The first-order valence-corrected chi connectivity index (χ1v) is 8.34. The van der Waals surface area contributed by atoms with Crippen LogP contribution in [0.4, 0.5) is 5.69 Å². The lowest BCUT2D eigenvalue weighted by Crippen LogP contribution is -2.28. The third-order valence-electron chi connectivity index (χ3n) is 3.59. The molecule has 24 heavy (non-hydrogen) atoms. The number of ether oxygens (including phenoxy) is 2. The maximum Gasteiger partial charge on any atom is 0.302 e. The zero-order valence-corrected chi connectivity index (χ0v) is 14.4. The number of rotatable bonds is 9. The van der Waals surface area contributed by atoms with E-state index in [9.17, 15) is 4.79 Å². The molecule has 4 nitrogen and oxygen atoms in total. The number of anilines is 1. The molecule has 128 valence electrons. The van der Waals surface area contributed by atoms with Crippen LogP contribution in [0.2, 0.25) is 0 Å². The van der Waals surface area contributed by atoms with Crippen molar-refractivity contribution in [3.63, 3.8) is 0 Å². The van der Waals surface area contributed by atoms with E-state index in [2.05, 4.69) is 17.9 Å². The molecule has 0 bridgehead atoms. The van der Waals surface area contributed by atoms with Crippen molar-refractivity contribution in [2.45, 2.75) is 26.9 Å². The Morgan fingerprint density at radius 3 is 2.54 bits per heavy atom. The van der Waals surface area contributed by atoms with E-state index in [1.807, 2.05) is 48.5 Å². The summed E-state index contributed by atoms with van der Waals surface area (Å²) in [5.41, 5.74) is 2.22. The molecule has 0 amide bonds. The fraction of sp³-hybridized carbons (Fsp3) is 0.350. The predicted molar refractivity (Wildman–Crippen MR) is 96.4 cm³/mol. The van der Waals surface area contributed by atoms with E-state index in [-0.39, 0.29) is 5.97 Å². The van der Waals surface area contributed by atoms with Crippen LogP contribution in [0.25, 0.3) is 0 Å². The summed E-state index contributed by atoms with van der Waals surface area (Å²) in [6, 6.07) is 18.1. The van der Waals surface area contributed by atoms with Crippen LogP contribution < -0.4 is 9.64 Å². The molecular formula is C20H25NO3. The summed E-state index contributed by atoms with van der Waals surface area (Å²) in [6.07, 6.45) is 1.02. The van der Waals surface area contributed by atoms with Crippen LogP contribution in [0.5, 0.6) is 5.75 Å². The molecule has 0 heterocycles. The average Bonchev–Trinajstić information content (AvgIpc) is 2.60. The van der Waals surface area contributed by atoms with E-state index in [1.165, 1.54) is 6.92 Å². The van der Waals surface area contributed by atoms with E-state index in [0.29, 0.717) is 19.8 Å². The van der Waals surface area contributed by atoms with Gasteiger partial charge in [0.2, 0.25) is 0 Å².